The Bertz CT molecular complexity index is 842. The molecule has 0 aliphatic carbocycles. The van der Waals surface area contributed by atoms with Crippen LogP contribution in [0.5, 0.6) is 0 Å². The Morgan fingerprint density at radius 2 is 1.58 bits per heavy atom. The number of pyridine rings is 1. The molecule has 0 bridgehead atoms. The number of aromatic nitrogens is 3. The molecular weight excluding hydrogens is 324 g/mol. The summed E-state index contributed by atoms with van der Waals surface area (Å²) in [6, 6.07) is 14.2. The smallest absolute Gasteiger partial charge is 0.227 e. The number of nitrogens with one attached hydrogen (secondary N) is 1. The predicted octanol–water partition coefficient (Wildman–Crippen LogP) is 3.03. The van der Waals surface area contributed by atoms with Crippen molar-refractivity contribution < 1.29 is 0 Å². The van der Waals surface area contributed by atoms with Gasteiger partial charge in [0, 0.05) is 61.7 Å². The first-order valence-corrected chi connectivity index (χ1v) is 8.82. The minimum Gasteiger partial charge on any atom is -0.369 e. The number of benzene rings is 1. The van der Waals surface area contributed by atoms with Gasteiger partial charge in [0.05, 0.1) is 5.69 Å². The monoisotopic (exact) mass is 346 g/mol. The highest BCUT2D eigenvalue weighted by molar-refractivity contribution is 5.63. The average molecular weight is 346 g/mol. The lowest BCUT2D eigenvalue weighted by molar-refractivity contribution is 0.313. The summed E-state index contributed by atoms with van der Waals surface area (Å²) in [4.78, 5) is 17.7. The highest BCUT2D eigenvalue weighted by Gasteiger charge is 2.14. The summed E-state index contributed by atoms with van der Waals surface area (Å²) in [7, 11) is 2.17. The Kier molecular flexibility index (Phi) is 4.75. The SMILES string of the molecule is CN1CCN(c2ccc(Nc3nccc(-c4ccncc4)n3)cc2)CC1. The molecule has 4 rings (SSSR count). The van der Waals surface area contributed by atoms with Gasteiger partial charge >= 0.3 is 0 Å². The molecule has 1 N–H and O–H groups in total. The second-order valence-electron chi connectivity index (χ2n) is 6.46. The molecule has 0 atom stereocenters. The molecule has 3 heterocycles. The molecule has 6 heteroatoms. The van der Waals surface area contributed by atoms with E-state index < -0.39 is 0 Å². The minimum absolute atomic E-state index is 0.589. The van der Waals surface area contributed by atoms with Gasteiger partial charge in [-0.25, -0.2) is 9.97 Å². The second-order valence-corrected chi connectivity index (χ2v) is 6.46. The van der Waals surface area contributed by atoms with E-state index in [1.165, 1.54) is 5.69 Å². The Labute approximate surface area is 153 Å². The quantitative estimate of drug-likeness (QED) is 0.784. The van der Waals surface area contributed by atoms with Crippen molar-refractivity contribution in [1.82, 2.24) is 19.9 Å². The fraction of sp³-hybridized carbons (Fsp3) is 0.250. The van der Waals surface area contributed by atoms with Gasteiger partial charge in [-0.2, -0.15) is 0 Å². The summed E-state index contributed by atoms with van der Waals surface area (Å²) in [5, 5.41) is 3.29. The first kappa shape index (κ1) is 16.5. The average Bonchev–Trinajstić information content (AvgIpc) is 2.70. The third-order valence-corrected chi connectivity index (χ3v) is 4.62. The fourth-order valence-electron chi connectivity index (χ4n) is 3.05. The van der Waals surface area contributed by atoms with E-state index in [1.807, 2.05) is 18.2 Å². The summed E-state index contributed by atoms with van der Waals surface area (Å²) in [6.45, 7) is 4.35. The lowest BCUT2D eigenvalue weighted by Crippen LogP contribution is -2.44. The van der Waals surface area contributed by atoms with E-state index in [0.717, 1.165) is 43.1 Å². The van der Waals surface area contributed by atoms with E-state index in [4.69, 9.17) is 0 Å². The topological polar surface area (TPSA) is 57.2 Å². The van der Waals surface area contributed by atoms with E-state index in [2.05, 4.69) is 61.4 Å². The third kappa shape index (κ3) is 3.81. The number of likely N-dealkylation sites (N-methyl/N-ethyl adjacent to an activating group) is 1. The van der Waals surface area contributed by atoms with Crippen molar-refractivity contribution in [3.63, 3.8) is 0 Å². The van der Waals surface area contributed by atoms with Crippen LogP contribution in [0.4, 0.5) is 17.3 Å². The summed E-state index contributed by atoms with van der Waals surface area (Å²) in [5.41, 5.74) is 4.14. The van der Waals surface area contributed by atoms with Crippen LogP contribution in [-0.2, 0) is 0 Å². The maximum absolute atomic E-state index is 4.59. The van der Waals surface area contributed by atoms with Crippen LogP contribution < -0.4 is 10.2 Å². The number of anilines is 3. The van der Waals surface area contributed by atoms with Crippen molar-refractivity contribution >= 4 is 17.3 Å². The van der Waals surface area contributed by atoms with Gasteiger partial charge in [0.15, 0.2) is 0 Å². The number of hydrogen-bond acceptors (Lipinski definition) is 6. The summed E-state index contributed by atoms with van der Waals surface area (Å²) in [6.07, 6.45) is 5.30. The molecular formula is C20H22N6. The van der Waals surface area contributed by atoms with Gasteiger partial charge in [-0.15, -0.1) is 0 Å². The molecule has 0 saturated carbocycles. The number of hydrogen-bond donors (Lipinski definition) is 1. The lowest BCUT2D eigenvalue weighted by atomic mass is 10.2. The molecule has 1 fully saturated rings. The molecule has 6 nitrogen and oxygen atoms in total. The number of nitrogens with zero attached hydrogens (tertiary/aromatic N) is 5. The second kappa shape index (κ2) is 7.49. The Morgan fingerprint density at radius 3 is 2.31 bits per heavy atom. The van der Waals surface area contributed by atoms with Crippen LogP contribution >= 0.6 is 0 Å². The van der Waals surface area contributed by atoms with Crippen LogP contribution in [0.25, 0.3) is 11.3 Å². The Balaban J connectivity index is 1.46. The van der Waals surface area contributed by atoms with E-state index in [9.17, 15) is 0 Å². The van der Waals surface area contributed by atoms with Crippen molar-refractivity contribution in [2.24, 2.45) is 0 Å². The molecule has 0 spiro atoms. The molecule has 26 heavy (non-hydrogen) atoms. The van der Waals surface area contributed by atoms with E-state index in [-0.39, 0.29) is 0 Å². The molecule has 3 aromatic rings. The normalized spacial score (nSPS) is 15.0. The molecule has 0 radical (unpaired) electrons. The number of piperazine rings is 1. The molecule has 0 amide bonds. The van der Waals surface area contributed by atoms with Crippen LogP contribution in [0.15, 0.2) is 61.1 Å². The van der Waals surface area contributed by atoms with Gasteiger partial charge in [0.1, 0.15) is 0 Å². The largest absolute Gasteiger partial charge is 0.369 e. The first-order valence-electron chi connectivity index (χ1n) is 8.82. The number of rotatable bonds is 4. The maximum Gasteiger partial charge on any atom is 0.227 e. The molecule has 0 unspecified atom stereocenters. The standard InChI is InChI=1S/C20H22N6/c1-25-12-14-26(15-13-25)18-4-2-17(3-5-18)23-20-22-11-8-19(24-20)16-6-9-21-10-7-16/h2-11H,12-15H2,1H3,(H,22,23,24). The molecule has 132 valence electrons. The lowest BCUT2D eigenvalue weighted by Gasteiger charge is -2.34. The highest BCUT2D eigenvalue weighted by atomic mass is 15.2. The third-order valence-electron chi connectivity index (χ3n) is 4.62. The van der Waals surface area contributed by atoms with Crippen LogP contribution in [0, 0.1) is 0 Å². The highest BCUT2D eigenvalue weighted by Crippen LogP contribution is 2.22. The molecule has 2 aromatic heterocycles. The van der Waals surface area contributed by atoms with Gasteiger partial charge in [-0.1, -0.05) is 0 Å². The van der Waals surface area contributed by atoms with Crippen LogP contribution in [0.2, 0.25) is 0 Å². The van der Waals surface area contributed by atoms with Crippen molar-refractivity contribution in [3.05, 3.63) is 61.1 Å². The van der Waals surface area contributed by atoms with Gasteiger partial charge in [0.25, 0.3) is 0 Å². The Hall–Kier alpha value is -2.99. The minimum atomic E-state index is 0.589. The van der Waals surface area contributed by atoms with Crippen molar-refractivity contribution in [1.29, 1.82) is 0 Å². The molecule has 1 aliphatic heterocycles. The van der Waals surface area contributed by atoms with E-state index in [0.29, 0.717) is 5.95 Å². The van der Waals surface area contributed by atoms with E-state index >= 15 is 0 Å². The molecule has 1 aromatic carbocycles. The van der Waals surface area contributed by atoms with Gasteiger partial charge in [-0.05, 0) is 49.5 Å². The first-order chi connectivity index (χ1) is 12.8. The van der Waals surface area contributed by atoms with Gasteiger partial charge in [0.2, 0.25) is 5.95 Å². The van der Waals surface area contributed by atoms with Crippen LogP contribution in [-0.4, -0.2) is 53.1 Å². The zero-order valence-corrected chi connectivity index (χ0v) is 14.8. The predicted molar refractivity (Wildman–Crippen MR) is 105 cm³/mol. The maximum atomic E-state index is 4.59. The molecule has 1 saturated heterocycles. The summed E-state index contributed by atoms with van der Waals surface area (Å²) in [5.74, 6) is 0.589. The van der Waals surface area contributed by atoms with Crippen LogP contribution in [0.1, 0.15) is 0 Å². The van der Waals surface area contributed by atoms with Gasteiger partial charge < -0.3 is 15.1 Å². The van der Waals surface area contributed by atoms with Crippen molar-refractivity contribution in [3.8, 4) is 11.3 Å². The van der Waals surface area contributed by atoms with Crippen LogP contribution in [0.3, 0.4) is 0 Å². The fourth-order valence-corrected chi connectivity index (χ4v) is 3.05. The summed E-state index contributed by atoms with van der Waals surface area (Å²) >= 11 is 0. The zero-order chi connectivity index (χ0) is 17.8. The van der Waals surface area contributed by atoms with Crippen molar-refractivity contribution in [2.75, 3.05) is 43.4 Å². The summed E-state index contributed by atoms with van der Waals surface area (Å²) < 4.78 is 0. The zero-order valence-electron chi connectivity index (χ0n) is 14.8. The van der Waals surface area contributed by atoms with E-state index in [1.54, 1.807) is 18.6 Å². The van der Waals surface area contributed by atoms with Crippen molar-refractivity contribution in [2.45, 2.75) is 0 Å². The molecule has 1 aliphatic rings. The van der Waals surface area contributed by atoms with Gasteiger partial charge in [-0.3, -0.25) is 4.98 Å². The Morgan fingerprint density at radius 1 is 0.846 bits per heavy atom.